The Kier molecular flexibility index (Phi) is 5.26. The van der Waals surface area contributed by atoms with Crippen molar-refractivity contribution < 1.29 is 18.7 Å². The van der Waals surface area contributed by atoms with Gasteiger partial charge in [-0.1, -0.05) is 0 Å². The van der Waals surface area contributed by atoms with E-state index in [9.17, 15) is 14.0 Å². The minimum Gasteiger partial charge on any atom is -0.452 e. The van der Waals surface area contributed by atoms with Crippen LogP contribution in [0.3, 0.4) is 0 Å². The van der Waals surface area contributed by atoms with Crippen LogP contribution in [0.2, 0.25) is 0 Å². The zero-order chi connectivity index (χ0) is 18.5. The zero-order valence-corrected chi connectivity index (χ0v) is 14.0. The molecule has 2 N–H and O–H groups in total. The number of anilines is 2. The molecule has 1 saturated heterocycles. The fourth-order valence-electron chi connectivity index (χ4n) is 2.63. The van der Waals surface area contributed by atoms with Gasteiger partial charge in [-0.2, -0.15) is 0 Å². The summed E-state index contributed by atoms with van der Waals surface area (Å²) in [6.07, 6.45) is 3.33. The highest BCUT2D eigenvalue weighted by Crippen LogP contribution is 2.15. The highest BCUT2D eigenvalue weighted by molar-refractivity contribution is 5.96. The quantitative estimate of drug-likeness (QED) is 0.633. The lowest BCUT2D eigenvalue weighted by molar-refractivity contribution is -0.134. The van der Waals surface area contributed by atoms with Crippen LogP contribution in [0.25, 0.3) is 0 Å². The van der Waals surface area contributed by atoms with Crippen LogP contribution < -0.4 is 10.6 Å². The predicted octanol–water partition coefficient (Wildman–Crippen LogP) is 0.703. The van der Waals surface area contributed by atoms with E-state index in [0.29, 0.717) is 32.1 Å². The molecule has 2 heterocycles. The Morgan fingerprint density at radius 3 is 2.50 bits per heavy atom. The molecule has 3 rings (SSSR count). The lowest BCUT2D eigenvalue weighted by Gasteiger charge is -2.34. The van der Waals surface area contributed by atoms with Gasteiger partial charge in [-0.25, -0.2) is 19.2 Å². The van der Waals surface area contributed by atoms with Crippen molar-refractivity contribution >= 4 is 23.5 Å². The summed E-state index contributed by atoms with van der Waals surface area (Å²) in [6, 6.07) is 5.12. The molecule has 1 amide bonds. The second kappa shape index (κ2) is 7.77. The molecular weight excluding hydrogens is 341 g/mol. The maximum atomic E-state index is 13.0. The highest BCUT2D eigenvalue weighted by Gasteiger charge is 2.23. The van der Waals surface area contributed by atoms with E-state index >= 15 is 0 Å². The third-order valence-electron chi connectivity index (χ3n) is 4.03. The van der Waals surface area contributed by atoms with Gasteiger partial charge < -0.3 is 20.3 Å². The normalized spacial score (nSPS) is 14.2. The Labute approximate surface area is 149 Å². The van der Waals surface area contributed by atoms with Crippen LogP contribution in [-0.4, -0.2) is 59.5 Å². The summed E-state index contributed by atoms with van der Waals surface area (Å²) in [6.45, 7) is 1.75. The van der Waals surface area contributed by atoms with E-state index in [1.54, 1.807) is 23.4 Å². The molecule has 26 heavy (non-hydrogen) atoms. The molecule has 0 atom stereocenters. The van der Waals surface area contributed by atoms with Crippen LogP contribution in [0.1, 0.15) is 10.4 Å². The lowest BCUT2D eigenvalue weighted by Crippen LogP contribution is -2.50. The molecule has 1 fully saturated rings. The van der Waals surface area contributed by atoms with Crippen LogP contribution in [-0.2, 0) is 9.53 Å². The van der Waals surface area contributed by atoms with Gasteiger partial charge in [0.25, 0.3) is 5.91 Å². The second-order valence-electron chi connectivity index (χ2n) is 5.72. The Bertz CT molecular complexity index is 794. The van der Waals surface area contributed by atoms with Crippen LogP contribution in [0.5, 0.6) is 0 Å². The number of rotatable bonds is 4. The molecule has 0 aliphatic carbocycles. The molecule has 0 unspecified atom stereocenters. The second-order valence-corrected chi connectivity index (χ2v) is 5.72. The minimum atomic E-state index is -0.757. The molecular formula is C17H18FN5O3. The van der Waals surface area contributed by atoms with Crippen molar-refractivity contribution in [3.63, 3.8) is 0 Å². The first kappa shape index (κ1) is 17.6. The van der Waals surface area contributed by atoms with Gasteiger partial charge in [0.15, 0.2) is 6.61 Å². The molecule has 1 aromatic carbocycles. The van der Waals surface area contributed by atoms with Gasteiger partial charge in [0, 0.05) is 44.3 Å². The minimum absolute atomic E-state index is 0.0288. The van der Waals surface area contributed by atoms with Crippen molar-refractivity contribution in [1.82, 2.24) is 14.9 Å². The lowest BCUT2D eigenvalue weighted by atomic mass is 10.2. The number of nitrogens with zero attached hydrogens (tertiary/aromatic N) is 4. The smallest absolute Gasteiger partial charge is 0.340 e. The Hall–Kier alpha value is -3.23. The first-order valence-electron chi connectivity index (χ1n) is 8.06. The monoisotopic (exact) mass is 359 g/mol. The molecule has 1 aliphatic heterocycles. The summed E-state index contributed by atoms with van der Waals surface area (Å²) in [5.41, 5.74) is 5.59. The number of nitrogens with two attached hydrogens (primary N) is 1. The van der Waals surface area contributed by atoms with Crippen molar-refractivity contribution in [2.75, 3.05) is 43.4 Å². The number of halogens is 1. The van der Waals surface area contributed by atoms with Gasteiger partial charge in [0.05, 0.1) is 5.56 Å². The first-order chi connectivity index (χ1) is 12.5. The molecule has 8 nitrogen and oxygen atoms in total. The van der Waals surface area contributed by atoms with Gasteiger partial charge in [-0.3, -0.25) is 4.79 Å². The van der Waals surface area contributed by atoms with E-state index in [-0.39, 0.29) is 17.2 Å². The maximum Gasteiger partial charge on any atom is 0.340 e. The van der Waals surface area contributed by atoms with Crippen LogP contribution in [0.15, 0.2) is 36.7 Å². The van der Waals surface area contributed by atoms with Gasteiger partial charge in [-0.05, 0) is 24.3 Å². The van der Waals surface area contributed by atoms with Gasteiger partial charge in [0.2, 0.25) is 5.95 Å². The van der Waals surface area contributed by atoms with Crippen molar-refractivity contribution in [2.45, 2.75) is 0 Å². The van der Waals surface area contributed by atoms with E-state index in [4.69, 9.17) is 10.5 Å². The van der Waals surface area contributed by atoms with Crippen molar-refractivity contribution in [1.29, 1.82) is 0 Å². The molecule has 1 aromatic heterocycles. The molecule has 2 aromatic rings. The SMILES string of the molecule is Nc1cc(F)ccc1C(=O)OCC(=O)N1CCN(c2ncccn2)CC1. The van der Waals surface area contributed by atoms with Crippen molar-refractivity contribution in [3.8, 4) is 0 Å². The summed E-state index contributed by atoms with van der Waals surface area (Å²) in [5.74, 6) is -0.979. The van der Waals surface area contributed by atoms with E-state index in [2.05, 4.69) is 9.97 Å². The number of hydrogen-bond donors (Lipinski definition) is 1. The third-order valence-corrected chi connectivity index (χ3v) is 4.03. The number of ether oxygens (including phenoxy) is 1. The zero-order valence-electron chi connectivity index (χ0n) is 14.0. The summed E-state index contributed by atoms with van der Waals surface area (Å²) in [5, 5.41) is 0. The number of carbonyl (C=O) groups is 2. The molecule has 0 saturated carbocycles. The number of nitrogen functional groups attached to an aromatic ring is 1. The van der Waals surface area contributed by atoms with E-state index in [0.717, 1.165) is 12.1 Å². The topological polar surface area (TPSA) is 102 Å². The number of carbonyl (C=O) groups excluding carboxylic acids is 2. The fourth-order valence-corrected chi connectivity index (χ4v) is 2.63. The molecule has 0 bridgehead atoms. The van der Waals surface area contributed by atoms with Gasteiger partial charge in [-0.15, -0.1) is 0 Å². The number of amides is 1. The Morgan fingerprint density at radius 2 is 1.85 bits per heavy atom. The van der Waals surface area contributed by atoms with E-state index in [1.165, 1.54) is 6.07 Å². The van der Waals surface area contributed by atoms with Gasteiger partial charge >= 0.3 is 5.97 Å². The van der Waals surface area contributed by atoms with Crippen LogP contribution in [0, 0.1) is 5.82 Å². The molecule has 0 radical (unpaired) electrons. The summed E-state index contributed by atoms with van der Waals surface area (Å²) >= 11 is 0. The molecule has 1 aliphatic rings. The van der Waals surface area contributed by atoms with Crippen LogP contribution in [0.4, 0.5) is 16.0 Å². The fraction of sp³-hybridized carbons (Fsp3) is 0.294. The standard InChI is InChI=1S/C17H18FN5O3/c18-12-2-3-13(14(19)10-12)16(25)26-11-15(24)22-6-8-23(9-7-22)17-20-4-1-5-21-17/h1-5,10H,6-9,11,19H2. The molecule has 0 spiro atoms. The number of piperazine rings is 1. The van der Waals surface area contributed by atoms with Crippen LogP contribution >= 0.6 is 0 Å². The summed E-state index contributed by atoms with van der Waals surface area (Å²) < 4.78 is 18.0. The predicted molar refractivity (Wildman–Crippen MR) is 91.9 cm³/mol. The van der Waals surface area contributed by atoms with Crippen molar-refractivity contribution in [2.24, 2.45) is 0 Å². The average Bonchev–Trinajstić information content (AvgIpc) is 2.66. The largest absolute Gasteiger partial charge is 0.452 e. The van der Waals surface area contributed by atoms with E-state index < -0.39 is 18.4 Å². The maximum absolute atomic E-state index is 13.0. The molecule has 136 valence electrons. The number of benzene rings is 1. The van der Waals surface area contributed by atoms with E-state index in [1.807, 2.05) is 4.90 Å². The van der Waals surface area contributed by atoms with Gasteiger partial charge in [0.1, 0.15) is 5.82 Å². The first-order valence-corrected chi connectivity index (χ1v) is 8.06. The number of esters is 1. The van der Waals surface area contributed by atoms with Crippen molar-refractivity contribution in [3.05, 3.63) is 48.0 Å². The average molecular weight is 359 g/mol. The summed E-state index contributed by atoms with van der Waals surface area (Å²) in [7, 11) is 0. The summed E-state index contributed by atoms with van der Waals surface area (Å²) in [4.78, 5) is 36.2. The Morgan fingerprint density at radius 1 is 1.15 bits per heavy atom. The number of hydrogen-bond acceptors (Lipinski definition) is 7. The highest BCUT2D eigenvalue weighted by atomic mass is 19.1. The number of aromatic nitrogens is 2. The third kappa shape index (κ3) is 4.05. The Balaban J connectivity index is 1.49. The molecule has 9 heteroatoms.